The normalized spacial score (nSPS) is 18.7. The standard InChI is InChI=1S/C19H21ClFN/c1-2-6-15(7-4-3-5-14-21)18-12-13-19(22-18)16-8-10-17(20)11-9-16/h2-3,5-6,8-11,18H,1,4,7,12-14H2/b5-3-,15-6+. The lowest BCUT2D eigenvalue weighted by Gasteiger charge is -2.10. The van der Waals surface area contributed by atoms with E-state index in [9.17, 15) is 4.39 Å². The molecule has 0 bridgehead atoms. The summed E-state index contributed by atoms with van der Waals surface area (Å²) in [5.41, 5.74) is 3.54. The predicted octanol–water partition coefficient (Wildman–Crippen LogP) is 5.71. The summed E-state index contributed by atoms with van der Waals surface area (Å²) in [6.45, 7) is 3.39. The molecule has 1 heterocycles. The van der Waals surface area contributed by atoms with Crippen molar-refractivity contribution < 1.29 is 4.39 Å². The number of benzene rings is 1. The third kappa shape index (κ3) is 4.67. The largest absolute Gasteiger partial charge is 0.281 e. The maximum absolute atomic E-state index is 12.1. The molecule has 0 aromatic heterocycles. The van der Waals surface area contributed by atoms with E-state index in [0.29, 0.717) is 0 Å². The molecular formula is C19H21ClFN. The van der Waals surface area contributed by atoms with Gasteiger partial charge in [-0.25, -0.2) is 4.39 Å². The molecule has 116 valence electrons. The van der Waals surface area contributed by atoms with Gasteiger partial charge < -0.3 is 0 Å². The molecule has 22 heavy (non-hydrogen) atoms. The van der Waals surface area contributed by atoms with Crippen LogP contribution in [0.15, 0.2) is 65.7 Å². The first-order chi connectivity index (χ1) is 10.7. The molecule has 0 N–H and O–H groups in total. The van der Waals surface area contributed by atoms with Crippen LogP contribution in [-0.2, 0) is 0 Å². The smallest absolute Gasteiger partial charge is 0.108 e. The van der Waals surface area contributed by atoms with Gasteiger partial charge in [-0.15, -0.1) is 0 Å². The minimum atomic E-state index is -0.400. The molecule has 0 amide bonds. The van der Waals surface area contributed by atoms with E-state index in [4.69, 9.17) is 16.6 Å². The van der Waals surface area contributed by atoms with E-state index >= 15 is 0 Å². The Bertz CT molecular complexity index is 584. The molecule has 1 aromatic carbocycles. The summed E-state index contributed by atoms with van der Waals surface area (Å²) in [4.78, 5) is 4.87. The Balaban J connectivity index is 2.07. The molecule has 1 unspecified atom stereocenters. The van der Waals surface area contributed by atoms with Crippen LogP contribution in [0.25, 0.3) is 0 Å². The third-order valence-electron chi connectivity index (χ3n) is 3.76. The molecular weight excluding hydrogens is 297 g/mol. The lowest BCUT2D eigenvalue weighted by Crippen LogP contribution is -2.04. The number of nitrogens with zero attached hydrogens (tertiary/aromatic N) is 1. The van der Waals surface area contributed by atoms with Crippen molar-refractivity contribution in [2.45, 2.75) is 31.7 Å². The first-order valence-electron chi connectivity index (χ1n) is 7.59. The van der Waals surface area contributed by atoms with Gasteiger partial charge in [-0.05, 0) is 49.0 Å². The van der Waals surface area contributed by atoms with Crippen LogP contribution in [0.1, 0.15) is 31.2 Å². The van der Waals surface area contributed by atoms with Gasteiger partial charge in [0.1, 0.15) is 6.67 Å². The molecule has 0 radical (unpaired) electrons. The van der Waals surface area contributed by atoms with Crippen LogP contribution in [0.3, 0.4) is 0 Å². The van der Waals surface area contributed by atoms with Crippen molar-refractivity contribution in [3.8, 4) is 0 Å². The number of halogens is 2. The van der Waals surface area contributed by atoms with Crippen molar-refractivity contribution in [3.63, 3.8) is 0 Å². The lowest BCUT2D eigenvalue weighted by molar-refractivity contribution is 0.560. The highest BCUT2D eigenvalue weighted by atomic mass is 35.5. The van der Waals surface area contributed by atoms with Gasteiger partial charge in [0, 0.05) is 10.7 Å². The Kier molecular flexibility index (Phi) is 6.60. The van der Waals surface area contributed by atoms with Crippen LogP contribution >= 0.6 is 11.6 Å². The fourth-order valence-corrected chi connectivity index (χ4v) is 2.79. The van der Waals surface area contributed by atoms with E-state index < -0.39 is 6.67 Å². The number of allylic oxidation sites excluding steroid dienone is 4. The van der Waals surface area contributed by atoms with Gasteiger partial charge in [0.05, 0.1) is 6.04 Å². The molecule has 1 aliphatic heterocycles. The van der Waals surface area contributed by atoms with Gasteiger partial charge in [-0.1, -0.05) is 54.6 Å². The van der Waals surface area contributed by atoms with Gasteiger partial charge >= 0.3 is 0 Å². The van der Waals surface area contributed by atoms with Crippen molar-refractivity contribution >= 4 is 17.3 Å². The van der Waals surface area contributed by atoms with Crippen molar-refractivity contribution in [2.24, 2.45) is 4.99 Å². The van der Waals surface area contributed by atoms with Crippen LogP contribution < -0.4 is 0 Å². The van der Waals surface area contributed by atoms with Crippen molar-refractivity contribution in [2.75, 3.05) is 6.67 Å². The maximum Gasteiger partial charge on any atom is 0.108 e. The van der Waals surface area contributed by atoms with Crippen LogP contribution in [0.2, 0.25) is 5.02 Å². The van der Waals surface area contributed by atoms with E-state index in [-0.39, 0.29) is 6.04 Å². The minimum absolute atomic E-state index is 0.211. The van der Waals surface area contributed by atoms with Crippen molar-refractivity contribution in [1.29, 1.82) is 0 Å². The monoisotopic (exact) mass is 317 g/mol. The Labute approximate surface area is 136 Å². The number of hydrogen-bond acceptors (Lipinski definition) is 1. The van der Waals surface area contributed by atoms with E-state index in [1.54, 1.807) is 6.08 Å². The highest BCUT2D eigenvalue weighted by Crippen LogP contribution is 2.27. The predicted molar refractivity (Wildman–Crippen MR) is 93.6 cm³/mol. The molecule has 1 aromatic rings. The second-order valence-corrected chi connectivity index (χ2v) is 5.72. The second-order valence-electron chi connectivity index (χ2n) is 5.28. The summed E-state index contributed by atoms with van der Waals surface area (Å²) in [5.74, 6) is 0. The fourth-order valence-electron chi connectivity index (χ4n) is 2.66. The highest BCUT2D eigenvalue weighted by Gasteiger charge is 2.21. The summed E-state index contributed by atoms with van der Waals surface area (Å²) in [6.07, 6.45) is 11.0. The van der Waals surface area contributed by atoms with Gasteiger partial charge in [-0.3, -0.25) is 4.99 Å². The zero-order valence-corrected chi connectivity index (χ0v) is 13.4. The molecule has 1 aliphatic rings. The Morgan fingerprint density at radius 3 is 2.77 bits per heavy atom. The van der Waals surface area contributed by atoms with Crippen LogP contribution in [0.5, 0.6) is 0 Å². The zero-order valence-electron chi connectivity index (χ0n) is 12.6. The molecule has 0 spiro atoms. The third-order valence-corrected chi connectivity index (χ3v) is 4.01. The van der Waals surface area contributed by atoms with Gasteiger partial charge in [0.2, 0.25) is 0 Å². The van der Waals surface area contributed by atoms with Crippen LogP contribution in [0, 0.1) is 0 Å². The summed E-state index contributed by atoms with van der Waals surface area (Å²) < 4.78 is 12.1. The zero-order chi connectivity index (χ0) is 15.8. The van der Waals surface area contributed by atoms with Gasteiger partial charge in [0.25, 0.3) is 0 Å². The summed E-state index contributed by atoms with van der Waals surface area (Å²) >= 11 is 5.93. The quantitative estimate of drug-likeness (QED) is 0.451. The fraction of sp³-hybridized carbons (Fsp3) is 0.316. The molecule has 1 atom stereocenters. The molecule has 0 saturated carbocycles. The number of hydrogen-bond donors (Lipinski definition) is 0. The lowest BCUT2D eigenvalue weighted by atomic mass is 9.99. The van der Waals surface area contributed by atoms with E-state index in [1.165, 1.54) is 5.57 Å². The van der Waals surface area contributed by atoms with Crippen LogP contribution in [-0.4, -0.2) is 18.4 Å². The Morgan fingerprint density at radius 2 is 2.09 bits per heavy atom. The molecule has 0 aliphatic carbocycles. The van der Waals surface area contributed by atoms with Gasteiger partial charge in [-0.2, -0.15) is 0 Å². The first kappa shape index (κ1) is 16.7. The number of alkyl halides is 1. The maximum atomic E-state index is 12.1. The molecule has 2 rings (SSSR count). The molecule has 3 heteroatoms. The topological polar surface area (TPSA) is 12.4 Å². The summed E-state index contributed by atoms with van der Waals surface area (Å²) in [6, 6.07) is 8.04. The Morgan fingerprint density at radius 1 is 1.32 bits per heavy atom. The van der Waals surface area contributed by atoms with Crippen molar-refractivity contribution in [3.05, 3.63) is 71.3 Å². The average Bonchev–Trinajstić information content (AvgIpc) is 3.01. The Hall–Kier alpha value is -1.67. The summed E-state index contributed by atoms with van der Waals surface area (Å²) in [7, 11) is 0. The highest BCUT2D eigenvalue weighted by molar-refractivity contribution is 6.30. The molecule has 0 saturated heterocycles. The molecule has 0 fully saturated rings. The number of rotatable bonds is 7. The average molecular weight is 318 g/mol. The van der Waals surface area contributed by atoms with Crippen LogP contribution in [0.4, 0.5) is 4.39 Å². The SMILES string of the molecule is C=C/C=C(\CC/C=C\CF)C1CCC(c2ccc(Cl)cc2)=N1. The first-order valence-corrected chi connectivity index (χ1v) is 7.97. The van der Waals surface area contributed by atoms with Gasteiger partial charge in [0.15, 0.2) is 0 Å². The van der Waals surface area contributed by atoms with E-state index in [1.807, 2.05) is 42.5 Å². The second kappa shape index (κ2) is 8.70. The molecule has 1 nitrogen and oxygen atoms in total. The number of aliphatic imine (C=N–C) groups is 1. The minimum Gasteiger partial charge on any atom is -0.281 e. The summed E-state index contributed by atoms with van der Waals surface area (Å²) in [5, 5.41) is 0.741. The van der Waals surface area contributed by atoms with E-state index in [0.717, 1.165) is 42.0 Å². The van der Waals surface area contributed by atoms with E-state index in [2.05, 4.69) is 6.58 Å². The van der Waals surface area contributed by atoms with Crippen molar-refractivity contribution in [1.82, 2.24) is 0 Å².